The van der Waals surface area contributed by atoms with Crippen LogP contribution in [0.3, 0.4) is 0 Å². The fourth-order valence-electron chi connectivity index (χ4n) is 1.96. The van der Waals surface area contributed by atoms with Crippen molar-refractivity contribution in [3.63, 3.8) is 0 Å². The number of nitrogens with zero attached hydrogens (tertiary/aromatic N) is 2. The number of aromatic hydroxyl groups is 1. The van der Waals surface area contributed by atoms with E-state index in [-0.39, 0.29) is 5.75 Å². The number of nitrogens with two attached hydrogens (primary N) is 1. The Morgan fingerprint density at radius 1 is 1.08 bits per heavy atom. The molecule has 6 heteroatoms. The lowest BCUT2D eigenvalue weighted by Crippen LogP contribution is -2.12. The predicted molar refractivity (Wildman–Crippen MR) is 95.9 cm³/mol. The molecule has 3 N–H and O–H groups in total. The fourth-order valence-corrected chi connectivity index (χ4v) is 1.96. The van der Waals surface area contributed by atoms with Crippen molar-refractivity contribution in [2.24, 2.45) is 15.9 Å². The smallest absolute Gasteiger partial charge is 0.200 e. The molecule has 0 fully saturated rings. The van der Waals surface area contributed by atoms with Crippen LogP contribution in [0.5, 0.6) is 17.2 Å². The van der Waals surface area contributed by atoms with Gasteiger partial charge in [0, 0.05) is 11.8 Å². The quantitative estimate of drug-likeness (QED) is 0.485. The van der Waals surface area contributed by atoms with Gasteiger partial charge in [-0.15, -0.1) is 5.10 Å². The number of rotatable bonds is 6. The molecule has 0 aliphatic heterocycles. The van der Waals surface area contributed by atoms with Crippen LogP contribution in [0.25, 0.3) is 6.08 Å². The second-order valence-corrected chi connectivity index (χ2v) is 4.75. The summed E-state index contributed by atoms with van der Waals surface area (Å²) in [6.45, 7) is 0. The largest absolute Gasteiger partial charge is 0.502 e. The van der Waals surface area contributed by atoms with E-state index in [0.29, 0.717) is 17.3 Å². The Bertz CT molecular complexity index is 743. The molecule has 2 aromatic rings. The van der Waals surface area contributed by atoms with Gasteiger partial charge in [-0.3, -0.25) is 0 Å². The van der Waals surface area contributed by atoms with Gasteiger partial charge in [0.05, 0.1) is 14.2 Å². The summed E-state index contributed by atoms with van der Waals surface area (Å²) in [5.41, 5.74) is 7.43. The fraction of sp³-hybridized carbons (Fsp3) is 0.111. The first-order chi connectivity index (χ1) is 11.7. The number of allylic oxidation sites excluding steroid dienone is 1. The molecule has 24 heavy (non-hydrogen) atoms. The monoisotopic (exact) mass is 325 g/mol. The Morgan fingerprint density at radius 2 is 1.71 bits per heavy atom. The van der Waals surface area contributed by atoms with Crippen molar-refractivity contribution >= 4 is 18.1 Å². The Kier molecular flexibility index (Phi) is 5.96. The van der Waals surface area contributed by atoms with E-state index in [1.165, 1.54) is 20.4 Å². The van der Waals surface area contributed by atoms with E-state index in [4.69, 9.17) is 15.2 Å². The average molecular weight is 325 g/mol. The van der Waals surface area contributed by atoms with Crippen LogP contribution >= 0.6 is 0 Å². The Hall–Kier alpha value is -3.28. The summed E-state index contributed by atoms with van der Waals surface area (Å²) in [4.78, 5) is 0. The summed E-state index contributed by atoms with van der Waals surface area (Å²) < 4.78 is 10.2. The first kappa shape index (κ1) is 17.1. The molecule has 0 unspecified atom stereocenters. The number of benzene rings is 2. The van der Waals surface area contributed by atoms with Crippen LogP contribution < -0.4 is 15.2 Å². The van der Waals surface area contributed by atoms with E-state index in [1.807, 2.05) is 30.3 Å². The zero-order valence-corrected chi connectivity index (χ0v) is 13.5. The lowest BCUT2D eigenvalue weighted by molar-refractivity contribution is 0.340. The second-order valence-electron chi connectivity index (χ2n) is 4.75. The molecule has 2 aromatic carbocycles. The molecule has 0 aromatic heterocycles. The standard InChI is InChI=1S/C18H19N3O3/c1-23-15-11-13(12-16(24-2)17(15)22)7-6-10-20-21-18(19)14-8-4-3-5-9-14/h3-12,22H,1-2H3,(H2,19,21). The topological polar surface area (TPSA) is 89.4 Å². The minimum Gasteiger partial charge on any atom is -0.502 e. The molecule has 0 bridgehead atoms. The SMILES string of the molecule is COc1cc(C=CC=NN=C(N)c2ccccc2)cc(OC)c1O. The summed E-state index contributed by atoms with van der Waals surface area (Å²) in [7, 11) is 2.95. The van der Waals surface area contributed by atoms with Gasteiger partial charge in [0.2, 0.25) is 5.75 Å². The van der Waals surface area contributed by atoms with Crippen LogP contribution in [0.2, 0.25) is 0 Å². The number of hydrogen-bond acceptors (Lipinski definition) is 5. The van der Waals surface area contributed by atoms with E-state index in [2.05, 4.69) is 10.2 Å². The first-order valence-electron chi connectivity index (χ1n) is 7.19. The average Bonchev–Trinajstić information content (AvgIpc) is 2.63. The summed E-state index contributed by atoms with van der Waals surface area (Å²) in [6, 6.07) is 12.8. The molecule has 124 valence electrons. The van der Waals surface area contributed by atoms with E-state index >= 15 is 0 Å². The van der Waals surface area contributed by atoms with Gasteiger partial charge in [-0.05, 0) is 23.8 Å². The van der Waals surface area contributed by atoms with Gasteiger partial charge in [0.25, 0.3) is 0 Å². The molecule has 0 heterocycles. The third kappa shape index (κ3) is 4.36. The van der Waals surface area contributed by atoms with Crippen LogP contribution in [0.4, 0.5) is 0 Å². The molecular formula is C18H19N3O3. The maximum Gasteiger partial charge on any atom is 0.200 e. The van der Waals surface area contributed by atoms with Crippen molar-refractivity contribution in [2.75, 3.05) is 14.2 Å². The van der Waals surface area contributed by atoms with Crippen molar-refractivity contribution < 1.29 is 14.6 Å². The van der Waals surface area contributed by atoms with Gasteiger partial charge >= 0.3 is 0 Å². The van der Waals surface area contributed by atoms with E-state index in [9.17, 15) is 5.11 Å². The van der Waals surface area contributed by atoms with Gasteiger partial charge in [-0.2, -0.15) is 5.10 Å². The summed E-state index contributed by atoms with van der Waals surface area (Å²) in [5, 5.41) is 17.7. The van der Waals surface area contributed by atoms with Crippen LogP contribution in [-0.2, 0) is 0 Å². The van der Waals surface area contributed by atoms with Crippen molar-refractivity contribution in [1.29, 1.82) is 0 Å². The minimum atomic E-state index is -0.0361. The molecule has 2 rings (SSSR count). The molecule has 0 radical (unpaired) electrons. The predicted octanol–water partition coefficient (Wildman–Crippen LogP) is 2.81. The zero-order chi connectivity index (χ0) is 17.4. The van der Waals surface area contributed by atoms with Gasteiger partial charge in [0.1, 0.15) is 0 Å². The van der Waals surface area contributed by atoms with Gasteiger partial charge in [-0.1, -0.05) is 36.4 Å². The number of hydrogen-bond donors (Lipinski definition) is 2. The highest BCUT2D eigenvalue weighted by atomic mass is 16.5. The summed E-state index contributed by atoms with van der Waals surface area (Å²) >= 11 is 0. The Morgan fingerprint density at radius 3 is 2.29 bits per heavy atom. The maximum atomic E-state index is 9.86. The van der Waals surface area contributed by atoms with Gasteiger partial charge in [-0.25, -0.2) is 0 Å². The minimum absolute atomic E-state index is 0.0361. The van der Waals surface area contributed by atoms with Crippen molar-refractivity contribution in [3.8, 4) is 17.2 Å². The Balaban J connectivity index is 2.09. The van der Waals surface area contributed by atoms with E-state index < -0.39 is 0 Å². The highest BCUT2D eigenvalue weighted by Crippen LogP contribution is 2.37. The summed E-state index contributed by atoms with van der Waals surface area (Å²) in [6.07, 6.45) is 5.00. The number of amidine groups is 1. The summed E-state index contributed by atoms with van der Waals surface area (Å²) in [5.74, 6) is 0.967. The molecule has 6 nitrogen and oxygen atoms in total. The highest BCUT2D eigenvalue weighted by Gasteiger charge is 2.09. The molecular weight excluding hydrogens is 306 g/mol. The number of ether oxygens (including phenoxy) is 2. The number of phenols is 1. The van der Waals surface area contributed by atoms with Crippen LogP contribution in [0, 0.1) is 0 Å². The number of phenolic OH excluding ortho intramolecular Hbond substituents is 1. The third-order valence-corrected chi connectivity index (χ3v) is 3.18. The lowest BCUT2D eigenvalue weighted by atomic mass is 10.1. The highest BCUT2D eigenvalue weighted by molar-refractivity contribution is 5.97. The first-order valence-corrected chi connectivity index (χ1v) is 7.19. The second kappa shape index (κ2) is 8.38. The molecule has 0 aliphatic rings. The van der Waals surface area contributed by atoms with Crippen LogP contribution in [0.1, 0.15) is 11.1 Å². The third-order valence-electron chi connectivity index (χ3n) is 3.18. The Labute approximate surface area is 140 Å². The molecule has 0 saturated carbocycles. The number of methoxy groups -OCH3 is 2. The molecule has 0 spiro atoms. The van der Waals surface area contributed by atoms with Crippen molar-refractivity contribution in [1.82, 2.24) is 0 Å². The van der Waals surface area contributed by atoms with E-state index in [0.717, 1.165) is 11.1 Å². The van der Waals surface area contributed by atoms with Gasteiger partial charge < -0.3 is 20.3 Å². The maximum absolute atomic E-state index is 9.86. The van der Waals surface area contributed by atoms with Crippen molar-refractivity contribution in [3.05, 3.63) is 59.7 Å². The van der Waals surface area contributed by atoms with Gasteiger partial charge in [0.15, 0.2) is 17.3 Å². The molecule has 0 amide bonds. The molecule has 0 atom stereocenters. The molecule has 0 aliphatic carbocycles. The van der Waals surface area contributed by atoms with Crippen LogP contribution in [0.15, 0.2) is 58.7 Å². The zero-order valence-electron chi connectivity index (χ0n) is 13.5. The van der Waals surface area contributed by atoms with Crippen LogP contribution in [-0.4, -0.2) is 31.4 Å². The normalized spacial score (nSPS) is 12.0. The van der Waals surface area contributed by atoms with E-state index in [1.54, 1.807) is 24.3 Å². The molecule has 0 saturated heterocycles. The van der Waals surface area contributed by atoms with Crippen molar-refractivity contribution in [2.45, 2.75) is 0 Å². The lowest BCUT2D eigenvalue weighted by Gasteiger charge is -2.09.